The molecule has 0 saturated heterocycles. The van der Waals surface area contributed by atoms with Crippen LogP contribution in [0.5, 0.6) is 0 Å². The summed E-state index contributed by atoms with van der Waals surface area (Å²) in [6.45, 7) is 4.61. The zero-order chi connectivity index (χ0) is 18.8. The second kappa shape index (κ2) is 10.2. The molecule has 0 N–H and O–H groups in total. The first-order valence-electron chi connectivity index (χ1n) is 8.80. The van der Waals surface area contributed by atoms with Crippen LogP contribution in [-0.4, -0.2) is 29.4 Å². The Morgan fingerprint density at radius 3 is 2.08 bits per heavy atom. The van der Waals surface area contributed by atoms with Crippen molar-refractivity contribution in [3.8, 4) is 0 Å². The lowest BCUT2D eigenvalue weighted by Gasteiger charge is -2.21. The molecule has 0 aromatic heterocycles. The van der Waals surface area contributed by atoms with Gasteiger partial charge in [0.2, 0.25) is 5.91 Å². The Hall–Kier alpha value is -2.88. The molecule has 0 atom stereocenters. The summed E-state index contributed by atoms with van der Waals surface area (Å²) >= 11 is 0. The largest absolute Gasteiger partial charge is 0.460 e. The van der Waals surface area contributed by atoms with E-state index < -0.39 is 5.97 Å². The summed E-state index contributed by atoms with van der Waals surface area (Å²) in [5.41, 5.74) is 2.22. The minimum Gasteiger partial charge on any atom is -0.460 e. The predicted octanol–water partition coefficient (Wildman–Crippen LogP) is 3.77. The molecule has 0 unspecified atom stereocenters. The van der Waals surface area contributed by atoms with Crippen molar-refractivity contribution in [2.24, 2.45) is 0 Å². The number of ether oxygens (including phenoxy) is 1. The van der Waals surface area contributed by atoms with Crippen LogP contribution in [0.25, 0.3) is 0 Å². The van der Waals surface area contributed by atoms with E-state index in [2.05, 4.69) is 0 Å². The van der Waals surface area contributed by atoms with Crippen LogP contribution in [0.4, 0.5) is 0 Å². The van der Waals surface area contributed by atoms with Gasteiger partial charge in [-0.15, -0.1) is 0 Å². The molecule has 26 heavy (non-hydrogen) atoms. The van der Waals surface area contributed by atoms with Crippen molar-refractivity contribution in [2.45, 2.75) is 32.9 Å². The Morgan fingerprint density at radius 1 is 0.923 bits per heavy atom. The summed E-state index contributed by atoms with van der Waals surface area (Å²) < 4.78 is 5.03. The number of benzene rings is 2. The van der Waals surface area contributed by atoms with Crippen molar-refractivity contribution in [3.63, 3.8) is 0 Å². The van der Waals surface area contributed by atoms with Gasteiger partial charge in [-0.25, -0.2) is 4.79 Å². The molecule has 4 heteroatoms. The number of carbonyl (C=O) groups is 2. The lowest BCUT2D eigenvalue weighted by molar-refractivity contribution is -0.141. The van der Waals surface area contributed by atoms with Crippen LogP contribution in [0.1, 0.15) is 25.0 Å². The molecule has 2 aromatic rings. The maximum atomic E-state index is 12.6. The van der Waals surface area contributed by atoms with Gasteiger partial charge in [0, 0.05) is 25.2 Å². The molecule has 0 spiro atoms. The van der Waals surface area contributed by atoms with E-state index in [-0.39, 0.29) is 12.0 Å². The van der Waals surface area contributed by atoms with Gasteiger partial charge >= 0.3 is 5.97 Å². The van der Waals surface area contributed by atoms with Crippen LogP contribution >= 0.6 is 0 Å². The van der Waals surface area contributed by atoms with Crippen molar-refractivity contribution in [2.75, 3.05) is 6.54 Å². The number of carbonyl (C=O) groups excluding carboxylic acids is 2. The summed E-state index contributed by atoms with van der Waals surface area (Å²) in [5.74, 6) is -0.707. The van der Waals surface area contributed by atoms with Crippen molar-refractivity contribution in [1.82, 2.24) is 4.90 Å². The van der Waals surface area contributed by atoms with Gasteiger partial charge in [-0.1, -0.05) is 60.7 Å². The van der Waals surface area contributed by atoms with Crippen molar-refractivity contribution in [1.29, 1.82) is 0 Å². The van der Waals surface area contributed by atoms with Gasteiger partial charge in [0.1, 0.15) is 0 Å². The Kier molecular flexibility index (Phi) is 7.62. The molecule has 136 valence electrons. The number of hydrogen-bond acceptors (Lipinski definition) is 3. The standard InChI is InChI=1S/C22H25NO3/c1-18(2)26-22(25)14-13-21(24)23(17-20-11-7-4-8-12-20)16-15-19-9-5-3-6-10-19/h3-14,18H,15-17H2,1-2H3/b14-13+. The minimum atomic E-state index is -0.504. The maximum absolute atomic E-state index is 12.6. The minimum absolute atomic E-state index is 0.203. The molecule has 0 radical (unpaired) electrons. The monoisotopic (exact) mass is 351 g/mol. The molecule has 0 aliphatic rings. The third kappa shape index (κ3) is 6.93. The fourth-order valence-electron chi connectivity index (χ4n) is 2.50. The summed E-state index contributed by atoms with van der Waals surface area (Å²) in [5, 5.41) is 0. The van der Waals surface area contributed by atoms with E-state index in [0.717, 1.165) is 12.0 Å². The summed E-state index contributed by atoms with van der Waals surface area (Å²) in [6, 6.07) is 19.8. The molecule has 0 aliphatic carbocycles. The van der Waals surface area contributed by atoms with Gasteiger partial charge in [-0.05, 0) is 31.4 Å². The second-order valence-electron chi connectivity index (χ2n) is 6.30. The number of nitrogens with zero attached hydrogens (tertiary/aromatic N) is 1. The molecule has 0 heterocycles. The van der Waals surface area contributed by atoms with Crippen LogP contribution < -0.4 is 0 Å². The van der Waals surface area contributed by atoms with E-state index in [1.54, 1.807) is 18.7 Å². The molecular weight excluding hydrogens is 326 g/mol. The predicted molar refractivity (Wildman–Crippen MR) is 102 cm³/mol. The molecule has 0 fully saturated rings. The average Bonchev–Trinajstić information content (AvgIpc) is 2.64. The van der Waals surface area contributed by atoms with E-state index in [9.17, 15) is 9.59 Å². The van der Waals surface area contributed by atoms with Crippen molar-refractivity contribution < 1.29 is 14.3 Å². The first-order valence-corrected chi connectivity index (χ1v) is 8.80. The molecule has 4 nitrogen and oxygen atoms in total. The quantitative estimate of drug-likeness (QED) is 0.537. The number of hydrogen-bond donors (Lipinski definition) is 0. The molecule has 0 saturated carbocycles. The molecule has 0 aliphatic heterocycles. The third-order valence-electron chi connectivity index (χ3n) is 3.76. The Labute approximate surface area is 155 Å². The highest BCUT2D eigenvalue weighted by molar-refractivity contribution is 5.94. The lowest BCUT2D eigenvalue weighted by Crippen LogP contribution is -2.31. The van der Waals surface area contributed by atoms with Crippen molar-refractivity contribution >= 4 is 11.9 Å². The Bertz CT molecular complexity index is 724. The van der Waals surface area contributed by atoms with Gasteiger partial charge in [0.25, 0.3) is 0 Å². The average molecular weight is 351 g/mol. The van der Waals surface area contributed by atoms with Crippen molar-refractivity contribution in [3.05, 3.63) is 83.9 Å². The Balaban J connectivity index is 2.04. The fourth-order valence-corrected chi connectivity index (χ4v) is 2.50. The summed E-state index contributed by atoms with van der Waals surface area (Å²) in [4.78, 5) is 26.0. The molecular formula is C22H25NO3. The summed E-state index contributed by atoms with van der Waals surface area (Å²) in [7, 11) is 0. The molecule has 2 rings (SSSR count). The number of rotatable bonds is 8. The zero-order valence-corrected chi connectivity index (χ0v) is 15.3. The number of esters is 1. The summed E-state index contributed by atoms with van der Waals surface area (Å²) in [6.07, 6.45) is 3.03. The molecule has 1 amide bonds. The van der Waals surface area contributed by atoms with Gasteiger partial charge in [-0.3, -0.25) is 4.79 Å². The van der Waals surface area contributed by atoms with Crippen LogP contribution in [0.15, 0.2) is 72.8 Å². The first-order chi connectivity index (χ1) is 12.5. The molecule has 2 aromatic carbocycles. The number of amides is 1. The Morgan fingerprint density at radius 2 is 1.50 bits per heavy atom. The topological polar surface area (TPSA) is 46.6 Å². The highest BCUT2D eigenvalue weighted by Gasteiger charge is 2.12. The van der Waals surface area contributed by atoms with Gasteiger partial charge in [0.15, 0.2) is 0 Å². The van der Waals surface area contributed by atoms with Crippen LogP contribution in [0.3, 0.4) is 0 Å². The maximum Gasteiger partial charge on any atom is 0.331 e. The van der Waals surface area contributed by atoms with Gasteiger partial charge in [-0.2, -0.15) is 0 Å². The van der Waals surface area contributed by atoms with Gasteiger partial charge in [0.05, 0.1) is 6.10 Å². The lowest BCUT2D eigenvalue weighted by atomic mass is 10.1. The van der Waals surface area contributed by atoms with Crippen LogP contribution in [0, 0.1) is 0 Å². The van der Waals surface area contributed by atoms with E-state index in [4.69, 9.17) is 4.74 Å². The molecule has 0 bridgehead atoms. The van der Waals surface area contributed by atoms with Gasteiger partial charge < -0.3 is 9.64 Å². The van der Waals surface area contributed by atoms with Crippen LogP contribution in [-0.2, 0) is 27.3 Å². The smallest absolute Gasteiger partial charge is 0.331 e. The van der Waals surface area contributed by atoms with E-state index in [1.807, 2.05) is 60.7 Å². The zero-order valence-electron chi connectivity index (χ0n) is 15.3. The van der Waals surface area contributed by atoms with E-state index in [0.29, 0.717) is 13.1 Å². The highest BCUT2D eigenvalue weighted by Crippen LogP contribution is 2.08. The van der Waals surface area contributed by atoms with E-state index in [1.165, 1.54) is 17.7 Å². The second-order valence-corrected chi connectivity index (χ2v) is 6.30. The first kappa shape index (κ1) is 19.4. The van der Waals surface area contributed by atoms with Crippen LogP contribution in [0.2, 0.25) is 0 Å². The van der Waals surface area contributed by atoms with E-state index >= 15 is 0 Å². The SMILES string of the molecule is CC(C)OC(=O)/C=C/C(=O)N(CCc1ccccc1)Cc1ccccc1. The highest BCUT2D eigenvalue weighted by atomic mass is 16.5. The third-order valence-corrected chi connectivity index (χ3v) is 3.76. The fraction of sp³-hybridized carbons (Fsp3) is 0.273. The normalized spacial score (nSPS) is 10.9.